The minimum Gasteiger partial charge on any atom is -0.448 e. The molecule has 17 heavy (non-hydrogen) atoms. The van der Waals surface area contributed by atoms with Crippen molar-refractivity contribution >= 4 is 27.3 Å². The largest absolute Gasteiger partial charge is 0.448 e. The molecular formula is C12H15BrN2OS. The molecular weight excluding hydrogens is 300 g/mol. The molecule has 2 aromatic rings. The summed E-state index contributed by atoms with van der Waals surface area (Å²) in [6, 6.07) is 3.79. The summed E-state index contributed by atoms with van der Waals surface area (Å²) in [6.07, 6.45) is 0. The molecule has 0 aliphatic heterocycles. The van der Waals surface area contributed by atoms with Crippen molar-refractivity contribution < 1.29 is 4.42 Å². The molecule has 2 aromatic heterocycles. The first-order chi connectivity index (χ1) is 7.94. The lowest BCUT2D eigenvalue weighted by atomic mass is 10.1. The number of rotatable bonds is 3. The molecule has 0 radical (unpaired) electrons. The second-order valence-electron chi connectivity index (χ2n) is 4.83. The molecule has 0 aliphatic rings. The Kier molecular flexibility index (Phi) is 3.70. The Morgan fingerprint density at radius 3 is 2.76 bits per heavy atom. The van der Waals surface area contributed by atoms with Crippen LogP contribution >= 0.6 is 27.3 Å². The van der Waals surface area contributed by atoms with E-state index in [-0.39, 0.29) is 5.54 Å². The van der Waals surface area contributed by atoms with Gasteiger partial charge >= 0.3 is 0 Å². The molecule has 0 spiro atoms. The first kappa shape index (κ1) is 12.8. The van der Waals surface area contributed by atoms with Crippen LogP contribution in [0.5, 0.6) is 0 Å². The summed E-state index contributed by atoms with van der Waals surface area (Å²) in [4.78, 5) is 4.54. The highest BCUT2D eigenvalue weighted by atomic mass is 79.9. The van der Waals surface area contributed by atoms with Crippen molar-refractivity contribution in [3.8, 4) is 11.5 Å². The molecule has 0 atom stereocenters. The molecule has 0 fully saturated rings. The highest BCUT2D eigenvalue weighted by molar-refractivity contribution is 9.10. The van der Waals surface area contributed by atoms with E-state index in [4.69, 9.17) is 4.42 Å². The SMILES string of the molecule is CC(C)(C)NCc1nc(-c2ccc(Br)o2)cs1. The van der Waals surface area contributed by atoms with Crippen LogP contribution in [-0.4, -0.2) is 10.5 Å². The average Bonchev–Trinajstić information content (AvgIpc) is 2.81. The molecule has 0 aromatic carbocycles. The quantitative estimate of drug-likeness (QED) is 0.928. The van der Waals surface area contributed by atoms with Crippen molar-refractivity contribution in [1.82, 2.24) is 10.3 Å². The van der Waals surface area contributed by atoms with Gasteiger partial charge in [0.05, 0.1) is 0 Å². The van der Waals surface area contributed by atoms with Gasteiger partial charge in [0, 0.05) is 17.5 Å². The van der Waals surface area contributed by atoms with Gasteiger partial charge in [-0.2, -0.15) is 0 Å². The standard InChI is InChI=1S/C12H15BrN2OS/c1-12(2,3)14-6-11-15-8(7-17-11)9-4-5-10(13)16-9/h4-5,7,14H,6H2,1-3H3. The molecule has 5 heteroatoms. The lowest BCUT2D eigenvalue weighted by Gasteiger charge is -2.19. The lowest BCUT2D eigenvalue weighted by molar-refractivity contribution is 0.424. The van der Waals surface area contributed by atoms with Gasteiger partial charge in [0.15, 0.2) is 10.4 Å². The Bertz CT molecular complexity index is 499. The number of halogens is 1. The summed E-state index contributed by atoms with van der Waals surface area (Å²) in [5.74, 6) is 0.801. The molecule has 92 valence electrons. The van der Waals surface area contributed by atoms with Gasteiger partial charge in [-0.05, 0) is 48.8 Å². The van der Waals surface area contributed by atoms with E-state index < -0.39 is 0 Å². The van der Waals surface area contributed by atoms with Crippen LogP contribution in [0.3, 0.4) is 0 Å². The smallest absolute Gasteiger partial charge is 0.169 e. The summed E-state index contributed by atoms with van der Waals surface area (Å²) in [5, 5.41) is 6.51. The van der Waals surface area contributed by atoms with Gasteiger partial charge in [0.1, 0.15) is 10.7 Å². The molecule has 0 saturated heterocycles. The number of nitrogens with one attached hydrogen (secondary N) is 1. The number of hydrogen-bond donors (Lipinski definition) is 1. The first-order valence-electron chi connectivity index (χ1n) is 5.39. The van der Waals surface area contributed by atoms with E-state index in [9.17, 15) is 0 Å². The Hall–Kier alpha value is -0.650. The minimum absolute atomic E-state index is 0.111. The summed E-state index contributed by atoms with van der Waals surface area (Å²) in [6.45, 7) is 7.22. The van der Waals surface area contributed by atoms with Crippen molar-refractivity contribution in [3.63, 3.8) is 0 Å². The molecule has 2 heterocycles. The third-order valence-electron chi connectivity index (χ3n) is 2.15. The molecule has 0 unspecified atom stereocenters. The van der Waals surface area contributed by atoms with Crippen LogP contribution in [0.1, 0.15) is 25.8 Å². The summed E-state index contributed by atoms with van der Waals surface area (Å²) in [7, 11) is 0. The zero-order valence-electron chi connectivity index (χ0n) is 10.1. The second kappa shape index (κ2) is 4.92. The summed E-state index contributed by atoms with van der Waals surface area (Å²) >= 11 is 4.94. The zero-order valence-corrected chi connectivity index (χ0v) is 12.5. The van der Waals surface area contributed by atoms with Crippen LogP contribution in [0.4, 0.5) is 0 Å². The zero-order chi connectivity index (χ0) is 12.5. The fraction of sp³-hybridized carbons (Fsp3) is 0.417. The van der Waals surface area contributed by atoms with E-state index in [1.807, 2.05) is 17.5 Å². The number of hydrogen-bond acceptors (Lipinski definition) is 4. The predicted molar refractivity (Wildman–Crippen MR) is 74.1 cm³/mol. The Morgan fingerprint density at radius 1 is 1.41 bits per heavy atom. The van der Waals surface area contributed by atoms with Gasteiger partial charge in [-0.25, -0.2) is 4.98 Å². The molecule has 3 nitrogen and oxygen atoms in total. The van der Waals surface area contributed by atoms with Crippen LogP contribution in [-0.2, 0) is 6.54 Å². The average molecular weight is 315 g/mol. The number of aromatic nitrogens is 1. The van der Waals surface area contributed by atoms with Gasteiger partial charge in [-0.15, -0.1) is 11.3 Å². The van der Waals surface area contributed by atoms with Gasteiger partial charge < -0.3 is 9.73 Å². The van der Waals surface area contributed by atoms with Crippen LogP contribution in [0.15, 0.2) is 26.6 Å². The third-order valence-corrected chi connectivity index (χ3v) is 3.42. The van der Waals surface area contributed by atoms with Crippen molar-refractivity contribution in [2.24, 2.45) is 0 Å². The van der Waals surface area contributed by atoms with Crippen molar-refractivity contribution in [2.75, 3.05) is 0 Å². The highest BCUT2D eigenvalue weighted by Crippen LogP contribution is 2.26. The topological polar surface area (TPSA) is 38.1 Å². The Morgan fingerprint density at radius 2 is 2.18 bits per heavy atom. The molecule has 2 rings (SSSR count). The first-order valence-corrected chi connectivity index (χ1v) is 7.06. The minimum atomic E-state index is 0.111. The van der Waals surface area contributed by atoms with Crippen LogP contribution in [0.25, 0.3) is 11.5 Å². The van der Waals surface area contributed by atoms with Crippen molar-refractivity contribution in [3.05, 3.63) is 27.2 Å². The second-order valence-corrected chi connectivity index (χ2v) is 6.56. The van der Waals surface area contributed by atoms with E-state index in [0.29, 0.717) is 0 Å². The number of thiazole rings is 1. The molecule has 1 N–H and O–H groups in total. The van der Waals surface area contributed by atoms with Crippen LogP contribution in [0, 0.1) is 0 Å². The monoisotopic (exact) mass is 314 g/mol. The van der Waals surface area contributed by atoms with Gasteiger partial charge in [-0.3, -0.25) is 0 Å². The van der Waals surface area contributed by atoms with Gasteiger partial charge in [-0.1, -0.05) is 0 Å². The van der Waals surface area contributed by atoms with Crippen molar-refractivity contribution in [1.29, 1.82) is 0 Å². The van der Waals surface area contributed by atoms with E-state index in [0.717, 1.165) is 27.7 Å². The molecule has 0 amide bonds. The van der Waals surface area contributed by atoms with Gasteiger partial charge in [0.2, 0.25) is 0 Å². The van der Waals surface area contributed by atoms with E-state index >= 15 is 0 Å². The fourth-order valence-corrected chi connectivity index (χ4v) is 2.33. The predicted octanol–water partition coefficient (Wildman–Crippen LogP) is 4.05. The number of furan rings is 1. The fourth-order valence-electron chi connectivity index (χ4n) is 1.30. The van der Waals surface area contributed by atoms with Crippen LogP contribution < -0.4 is 5.32 Å². The summed E-state index contributed by atoms with van der Waals surface area (Å²) < 4.78 is 6.20. The highest BCUT2D eigenvalue weighted by Gasteiger charge is 2.12. The summed E-state index contributed by atoms with van der Waals surface area (Å²) in [5.41, 5.74) is 1.01. The van der Waals surface area contributed by atoms with E-state index in [1.54, 1.807) is 11.3 Å². The normalized spacial score (nSPS) is 12.0. The lowest BCUT2D eigenvalue weighted by Crippen LogP contribution is -2.34. The Labute approximate surface area is 113 Å². The maximum absolute atomic E-state index is 5.47. The number of nitrogens with zero attached hydrogens (tertiary/aromatic N) is 1. The van der Waals surface area contributed by atoms with Crippen LogP contribution in [0.2, 0.25) is 0 Å². The maximum Gasteiger partial charge on any atom is 0.169 e. The van der Waals surface area contributed by atoms with Gasteiger partial charge in [0.25, 0.3) is 0 Å². The molecule has 0 saturated carbocycles. The molecule has 0 bridgehead atoms. The van der Waals surface area contributed by atoms with E-state index in [1.165, 1.54) is 0 Å². The Balaban J connectivity index is 2.06. The third kappa shape index (κ3) is 3.66. The van der Waals surface area contributed by atoms with E-state index in [2.05, 4.69) is 47.0 Å². The molecule has 0 aliphatic carbocycles. The van der Waals surface area contributed by atoms with Crippen molar-refractivity contribution in [2.45, 2.75) is 32.9 Å². The maximum atomic E-state index is 5.47.